The number of aliphatic hydroxyl groups excluding tert-OH is 1. The van der Waals surface area contributed by atoms with Crippen LogP contribution in [0.5, 0.6) is 0 Å². The molecule has 0 heterocycles. The lowest BCUT2D eigenvalue weighted by molar-refractivity contribution is -0.870. The molecule has 9 heteroatoms. The van der Waals surface area contributed by atoms with Crippen LogP contribution in [0.1, 0.15) is 168 Å². The van der Waals surface area contributed by atoms with Gasteiger partial charge in [-0.2, -0.15) is 0 Å². The maximum absolute atomic E-state index is 12.8. The highest BCUT2D eigenvalue weighted by Gasteiger charge is 2.24. The van der Waals surface area contributed by atoms with Gasteiger partial charge in [-0.05, 0) is 38.5 Å². The van der Waals surface area contributed by atoms with Gasteiger partial charge in [-0.1, -0.05) is 135 Å². The molecule has 1 unspecified atom stereocenters. The quantitative estimate of drug-likeness (QED) is 0.0305. The standard InChI is InChI=1S/C37H75N2O6P/c1-6-8-10-12-14-16-18-19-20-21-23-25-27-29-31-37(41)38-35(34-45-46(42,43)44-33-32-39(3,4)5)36(40)30-28-26-24-22-17-15-13-11-9-7-2/h17,22,35-36,40H,6-16,18-21,23-34H2,1-5H3,(H-,38,41,42,43)/b22-17+/t35-,36+/m0/s1. The fourth-order valence-corrected chi connectivity index (χ4v) is 6.11. The fraction of sp³-hybridized carbons (Fsp3) is 0.919. The van der Waals surface area contributed by atoms with Crippen molar-refractivity contribution in [1.29, 1.82) is 0 Å². The second kappa shape index (κ2) is 30.3. The maximum Gasteiger partial charge on any atom is 0.268 e. The first kappa shape index (κ1) is 45.2. The van der Waals surface area contributed by atoms with Gasteiger partial charge >= 0.3 is 0 Å². The molecule has 0 spiro atoms. The lowest BCUT2D eigenvalue weighted by Gasteiger charge is -2.30. The molecule has 0 saturated heterocycles. The summed E-state index contributed by atoms with van der Waals surface area (Å²) in [5.41, 5.74) is 0. The van der Waals surface area contributed by atoms with E-state index in [2.05, 4.69) is 31.3 Å². The van der Waals surface area contributed by atoms with Crippen LogP contribution in [0.4, 0.5) is 0 Å². The summed E-state index contributed by atoms with van der Waals surface area (Å²) in [5, 5.41) is 13.8. The average molecular weight is 675 g/mol. The molecule has 3 atom stereocenters. The first-order valence-electron chi connectivity index (χ1n) is 19.0. The lowest BCUT2D eigenvalue weighted by atomic mass is 10.0. The van der Waals surface area contributed by atoms with Gasteiger partial charge in [0.1, 0.15) is 13.2 Å². The highest BCUT2D eigenvalue weighted by molar-refractivity contribution is 7.45. The van der Waals surface area contributed by atoms with Crippen LogP contribution in [-0.4, -0.2) is 68.5 Å². The Balaban J connectivity index is 4.46. The Bertz CT molecular complexity index is 773. The number of nitrogens with zero attached hydrogens (tertiary/aromatic N) is 1. The number of nitrogens with one attached hydrogen (secondary N) is 1. The Morgan fingerprint density at radius 1 is 0.739 bits per heavy atom. The molecule has 1 amide bonds. The van der Waals surface area contributed by atoms with Gasteiger partial charge < -0.3 is 28.8 Å². The Morgan fingerprint density at radius 2 is 1.20 bits per heavy atom. The molecule has 0 aliphatic rings. The smallest absolute Gasteiger partial charge is 0.268 e. The van der Waals surface area contributed by atoms with Crippen LogP contribution in [0.3, 0.4) is 0 Å². The Morgan fingerprint density at radius 3 is 1.70 bits per heavy atom. The van der Waals surface area contributed by atoms with Crippen LogP contribution >= 0.6 is 7.82 Å². The van der Waals surface area contributed by atoms with Gasteiger partial charge in [0, 0.05) is 6.42 Å². The molecule has 0 aliphatic heterocycles. The van der Waals surface area contributed by atoms with Crippen molar-refractivity contribution < 1.29 is 32.9 Å². The van der Waals surface area contributed by atoms with Crippen molar-refractivity contribution in [1.82, 2.24) is 5.32 Å². The predicted molar refractivity (Wildman–Crippen MR) is 192 cm³/mol. The third-order valence-corrected chi connectivity index (χ3v) is 9.47. The first-order valence-corrected chi connectivity index (χ1v) is 20.5. The predicted octanol–water partition coefficient (Wildman–Crippen LogP) is 9.00. The van der Waals surface area contributed by atoms with Gasteiger partial charge in [0.25, 0.3) is 7.82 Å². The SMILES string of the molecule is CCCCCC/C=C/CCCC[C@@H](O)[C@H](COP(=O)([O-])OCC[N+](C)(C)C)NC(=O)CCCCCCCCCCCCCCCC. The molecule has 0 saturated carbocycles. The number of aliphatic hydroxyl groups is 1. The second-order valence-electron chi connectivity index (χ2n) is 14.3. The van der Waals surface area contributed by atoms with E-state index < -0.39 is 20.0 Å². The molecule has 274 valence electrons. The zero-order valence-electron chi connectivity index (χ0n) is 30.8. The summed E-state index contributed by atoms with van der Waals surface area (Å²) in [4.78, 5) is 25.1. The van der Waals surface area contributed by atoms with Crippen molar-refractivity contribution >= 4 is 13.7 Å². The summed E-state index contributed by atoms with van der Waals surface area (Å²) in [6.45, 7) is 4.65. The van der Waals surface area contributed by atoms with Gasteiger partial charge in [-0.15, -0.1) is 0 Å². The minimum atomic E-state index is -4.55. The number of phosphoric acid groups is 1. The van der Waals surface area contributed by atoms with Crippen LogP contribution in [0, 0.1) is 0 Å². The number of unbranched alkanes of at least 4 members (excludes halogenated alkanes) is 19. The van der Waals surface area contributed by atoms with Crippen molar-refractivity contribution in [3.8, 4) is 0 Å². The number of carbonyl (C=O) groups excluding carboxylic acids is 1. The van der Waals surface area contributed by atoms with E-state index in [1.807, 2.05) is 21.1 Å². The second-order valence-corrected chi connectivity index (χ2v) is 15.7. The van der Waals surface area contributed by atoms with Crippen LogP contribution < -0.4 is 10.2 Å². The van der Waals surface area contributed by atoms with E-state index >= 15 is 0 Å². The summed E-state index contributed by atoms with van der Waals surface area (Å²) in [6.07, 6.45) is 30.7. The number of likely N-dealkylation sites (N-methyl/N-ethyl adjacent to an activating group) is 1. The topological polar surface area (TPSA) is 108 Å². The van der Waals surface area contributed by atoms with E-state index in [-0.39, 0.29) is 19.1 Å². The molecule has 8 nitrogen and oxygen atoms in total. The lowest BCUT2D eigenvalue weighted by Crippen LogP contribution is -2.46. The number of rotatable bonds is 34. The Kier molecular flexibility index (Phi) is 29.8. The van der Waals surface area contributed by atoms with Crippen molar-refractivity contribution in [2.75, 3.05) is 40.9 Å². The zero-order chi connectivity index (χ0) is 34.4. The van der Waals surface area contributed by atoms with Crippen LogP contribution in [0.15, 0.2) is 12.2 Å². The third-order valence-electron chi connectivity index (χ3n) is 8.50. The number of hydrogen-bond acceptors (Lipinski definition) is 6. The number of amides is 1. The van der Waals surface area contributed by atoms with Gasteiger partial charge in [0.15, 0.2) is 0 Å². The van der Waals surface area contributed by atoms with E-state index in [1.165, 1.54) is 96.3 Å². The molecule has 0 fully saturated rings. The summed E-state index contributed by atoms with van der Waals surface area (Å²) >= 11 is 0. The van der Waals surface area contributed by atoms with Gasteiger partial charge in [-0.3, -0.25) is 9.36 Å². The van der Waals surface area contributed by atoms with E-state index in [0.717, 1.165) is 44.9 Å². The molecule has 0 aromatic heterocycles. The van der Waals surface area contributed by atoms with Crippen LogP contribution in [-0.2, 0) is 18.4 Å². The van der Waals surface area contributed by atoms with Crippen molar-refractivity contribution in [3.63, 3.8) is 0 Å². The highest BCUT2D eigenvalue weighted by atomic mass is 31.2. The number of quaternary nitrogens is 1. The van der Waals surface area contributed by atoms with Crippen molar-refractivity contribution in [2.45, 2.75) is 180 Å². The molecule has 0 aromatic carbocycles. The van der Waals surface area contributed by atoms with E-state index in [0.29, 0.717) is 23.9 Å². The maximum atomic E-state index is 12.8. The molecule has 0 aromatic rings. The van der Waals surface area contributed by atoms with Crippen LogP contribution in [0.25, 0.3) is 0 Å². The number of phosphoric ester groups is 1. The Hall–Kier alpha value is -0.760. The number of allylic oxidation sites excluding steroid dienone is 2. The molecule has 2 N–H and O–H groups in total. The normalized spacial score (nSPS) is 14.8. The van der Waals surface area contributed by atoms with Gasteiger partial charge in [-0.25, -0.2) is 0 Å². The fourth-order valence-electron chi connectivity index (χ4n) is 5.38. The van der Waals surface area contributed by atoms with Crippen molar-refractivity contribution in [3.05, 3.63) is 12.2 Å². The van der Waals surface area contributed by atoms with Gasteiger partial charge in [0.05, 0.1) is 39.9 Å². The van der Waals surface area contributed by atoms with Crippen LogP contribution in [0.2, 0.25) is 0 Å². The van der Waals surface area contributed by atoms with Crippen molar-refractivity contribution in [2.24, 2.45) is 0 Å². The molecular weight excluding hydrogens is 599 g/mol. The molecule has 0 aliphatic carbocycles. The van der Waals surface area contributed by atoms with Gasteiger partial charge in [0.2, 0.25) is 5.91 Å². The monoisotopic (exact) mass is 675 g/mol. The minimum Gasteiger partial charge on any atom is -0.756 e. The first-order chi connectivity index (χ1) is 22.0. The average Bonchev–Trinajstić information content (AvgIpc) is 2.99. The minimum absolute atomic E-state index is 0.00903. The summed E-state index contributed by atoms with van der Waals surface area (Å²) < 4.78 is 23.1. The van der Waals surface area contributed by atoms with E-state index in [9.17, 15) is 19.4 Å². The number of carbonyl (C=O) groups is 1. The Labute approximate surface area is 284 Å². The number of hydrogen-bond donors (Lipinski definition) is 2. The van der Waals surface area contributed by atoms with E-state index in [4.69, 9.17) is 9.05 Å². The molecule has 0 rings (SSSR count). The van der Waals surface area contributed by atoms with E-state index in [1.54, 1.807) is 0 Å². The molecule has 46 heavy (non-hydrogen) atoms. The zero-order valence-corrected chi connectivity index (χ0v) is 31.7. The molecular formula is C37H75N2O6P. The molecule has 0 radical (unpaired) electrons. The third kappa shape index (κ3) is 31.8. The summed E-state index contributed by atoms with van der Waals surface area (Å²) in [5.74, 6) is -0.177. The molecule has 0 bridgehead atoms. The summed E-state index contributed by atoms with van der Waals surface area (Å²) in [7, 11) is 1.29. The summed E-state index contributed by atoms with van der Waals surface area (Å²) in [6, 6.07) is -0.808. The largest absolute Gasteiger partial charge is 0.756 e. The highest BCUT2D eigenvalue weighted by Crippen LogP contribution is 2.38.